The molecule has 154 valence electrons. The molecule has 2 fully saturated rings. The van der Waals surface area contributed by atoms with Crippen LogP contribution in [0.25, 0.3) is 0 Å². The fraction of sp³-hybridized carbons (Fsp3) is 0.737. The van der Waals surface area contributed by atoms with Gasteiger partial charge in [-0.2, -0.15) is 0 Å². The van der Waals surface area contributed by atoms with Crippen LogP contribution in [0, 0.1) is 0 Å². The van der Waals surface area contributed by atoms with E-state index >= 15 is 0 Å². The van der Waals surface area contributed by atoms with E-state index in [0.29, 0.717) is 6.04 Å². The Balaban J connectivity index is 0.00000261. The van der Waals surface area contributed by atoms with Gasteiger partial charge in [-0.05, 0) is 31.0 Å². The smallest absolute Gasteiger partial charge is 0.193 e. The quantitative estimate of drug-likeness (QED) is 0.376. The molecule has 2 saturated heterocycles. The number of anilines is 1. The van der Waals surface area contributed by atoms with Gasteiger partial charge in [0.25, 0.3) is 0 Å². The molecule has 0 spiro atoms. The number of likely N-dealkylation sites (N-methyl/N-ethyl adjacent to an activating group) is 1. The molecule has 0 saturated carbocycles. The van der Waals surface area contributed by atoms with Crippen LogP contribution in [0.15, 0.2) is 22.5 Å². The largest absolute Gasteiger partial charge is 0.360 e. The minimum atomic E-state index is 0. The van der Waals surface area contributed by atoms with E-state index < -0.39 is 0 Å². The Bertz CT molecular complexity index is 551. The third-order valence-electron chi connectivity index (χ3n) is 5.64. The zero-order valence-corrected chi connectivity index (χ0v) is 20.1. The Morgan fingerprint density at radius 1 is 1.15 bits per heavy atom. The van der Waals surface area contributed by atoms with E-state index in [9.17, 15) is 0 Å². The summed E-state index contributed by atoms with van der Waals surface area (Å²) in [5.74, 6) is 1.05. The fourth-order valence-electron chi connectivity index (χ4n) is 3.81. The third kappa shape index (κ3) is 6.20. The first kappa shape index (κ1) is 22.7. The summed E-state index contributed by atoms with van der Waals surface area (Å²) in [7, 11) is 1.90. The molecule has 0 amide bonds. The van der Waals surface area contributed by atoms with E-state index in [1.54, 1.807) is 0 Å². The topological polar surface area (TPSA) is 37.4 Å². The van der Waals surface area contributed by atoms with Crippen LogP contribution in [0.2, 0.25) is 0 Å². The summed E-state index contributed by atoms with van der Waals surface area (Å²) in [6.45, 7) is 15.6. The van der Waals surface area contributed by atoms with E-state index in [0.717, 1.165) is 38.7 Å². The van der Waals surface area contributed by atoms with Crippen LogP contribution in [0.5, 0.6) is 0 Å². The highest BCUT2D eigenvalue weighted by atomic mass is 127. The molecule has 1 aromatic rings. The molecule has 0 aliphatic carbocycles. The van der Waals surface area contributed by atoms with Gasteiger partial charge in [0.2, 0.25) is 0 Å². The lowest BCUT2D eigenvalue weighted by Gasteiger charge is -2.39. The number of nitrogens with zero attached hydrogens (tertiary/aromatic N) is 5. The average molecular weight is 507 g/mol. The van der Waals surface area contributed by atoms with Crippen LogP contribution < -0.4 is 10.2 Å². The molecule has 1 atom stereocenters. The second-order valence-corrected chi connectivity index (χ2v) is 8.10. The lowest BCUT2D eigenvalue weighted by atomic mass is 10.2. The molecule has 3 heterocycles. The van der Waals surface area contributed by atoms with E-state index in [1.165, 1.54) is 37.7 Å². The Labute approximate surface area is 185 Å². The highest BCUT2D eigenvalue weighted by Crippen LogP contribution is 2.22. The van der Waals surface area contributed by atoms with Gasteiger partial charge in [0, 0.05) is 72.0 Å². The molecule has 2 aliphatic rings. The molecule has 6 nitrogen and oxygen atoms in total. The maximum atomic E-state index is 4.53. The van der Waals surface area contributed by atoms with Gasteiger partial charge in [-0.15, -0.1) is 35.3 Å². The van der Waals surface area contributed by atoms with Crippen LogP contribution in [0.4, 0.5) is 5.00 Å². The summed E-state index contributed by atoms with van der Waals surface area (Å²) in [6, 6.07) is 4.89. The minimum absolute atomic E-state index is 0. The normalized spacial score (nSPS) is 21.1. The van der Waals surface area contributed by atoms with Crippen molar-refractivity contribution in [2.45, 2.75) is 19.9 Å². The number of rotatable bonds is 5. The van der Waals surface area contributed by atoms with E-state index in [2.05, 4.69) is 61.3 Å². The highest BCUT2D eigenvalue weighted by molar-refractivity contribution is 14.0. The Morgan fingerprint density at radius 3 is 2.41 bits per heavy atom. The van der Waals surface area contributed by atoms with Crippen molar-refractivity contribution in [3.8, 4) is 0 Å². The van der Waals surface area contributed by atoms with Gasteiger partial charge >= 0.3 is 0 Å². The van der Waals surface area contributed by atoms with Gasteiger partial charge < -0.3 is 20.0 Å². The average Bonchev–Trinajstić information content (AvgIpc) is 3.23. The van der Waals surface area contributed by atoms with E-state index in [1.807, 2.05) is 18.4 Å². The lowest BCUT2D eigenvalue weighted by Crippen LogP contribution is -2.55. The van der Waals surface area contributed by atoms with Crippen LogP contribution in [-0.4, -0.2) is 99.2 Å². The molecular weight excluding hydrogens is 471 g/mol. The zero-order chi connectivity index (χ0) is 18.4. The first-order valence-corrected chi connectivity index (χ1v) is 10.8. The van der Waals surface area contributed by atoms with Crippen molar-refractivity contribution < 1.29 is 0 Å². The van der Waals surface area contributed by atoms with Crippen molar-refractivity contribution in [1.82, 2.24) is 20.0 Å². The fourth-order valence-corrected chi connectivity index (χ4v) is 4.59. The number of hydrogen-bond acceptors (Lipinski definition) is 5. The molecule has 0 radical (unpaired) electrons. The SMILES string of the molecule is CCN1CCN(C(C)CNC(=NC)N2CCN(c3cccs3)CC2)CC1.I. The van der Waals surface area contributed by atoms with E-state index in [-0.39, 0.29) is 24.0 Å². The van der Waals surface area contributed by atoms with Crippen LogP contribution in [0.1, 0.15) is 13.8 Å². The van der Waals surface area contributed by atoms with Crippen molar-refractivity contribution >= 4 is 46.3 Å². The molecule has 1 unspecified atom stereocenters. The monoisotopic (exact) mass is 506 g/mol. The second kappa shape index (κ2) is 11.4. The molecule has 1 aromatic heterocycles. The number of aliphatic imine (C=N–C) groups is 1. The minimum Gasteiger partial charge on any atom is -0.360 e. The number of nitrogens with one attached hydrogen (secondary N) is 1. The molecule has 2 aliphatic heterocycles. The van der Waals surface area contributed by atoms with Gasteiger partial charge in [-0.1, -0.05) is 6.92 Å². The predicted octanol–water partition coefficient (Wildman–Crippen LogP) is 2.09. The van der Waals surface area contributed by atoms with Crippen molar-refractivity contribution in [3.05, 3.63) is 17.5 Å². The summed E-state index contributed by atoms with van der Waals surface area (Å²) >= 11 is 1.83. The molecule has 27 heavy (non-hydrogen) atoms. The Kier molecular flexibility index (Phi) is 9.61. The molecule has 8 heteroatoms. The number of guanidine groups is 1. The van der Waals surface area contributed by atoms with Crippen molar-refractivity contribution in [2.24, 2.45) is 4.99 Å². The van der Waals surface area contributed by atoms with Gasteiger partial charge in [0.05, 0.1) is 5.00 Å². The lowest BCUT2D eigenvalue weighted by molar-refractivity contribution is 0.107. The maximum Gasteiger partial charge on any atom is 0.193 e. The Hall–Kier alpha value is -0.580. The number of halogens is 1. The first-order valence-electron chi connectivity index (χ1n) is 9.91. The van der Waals surface area contributed by atoms with Gasteiger partial charge in [0.1, 0.15) is 0 Å². The first-order chi connectivity index (χ1) is 12.7. The molecular formula is C19H35IN6S. The zero-order valence-electron chi connectivity index (χ0n) is 16.9. The number of thiophene rings is 1. The van der Waals surface area contributed by atoms with Gasteiger partial charge in [-0.3, -0.25) is 9.89 Å². The highest BCUT2D eigenvalue weighted by Gasteiger charge is 2.23. The van der Waals surface area contributed by atoms with Crippen LogP contribution in [-0.2, 0) is 0 Å². The van der Waals surface area contributed by atoms with Crippen molar-refractivity contribution in [2.75, 3.05) is 77.4 Å². The standard InChI is InChI=1S/C19H34N6S.HI/c1-4-22-7-9-23(10-8-22)17(2)16-21-19(20-3)25-13-11-24(12-14-25)18-6-5-15-26-18;/h5-6,15,17H,4,7-14,16H2,1-3H3,(H,20,21);1H. The van der Waals surface area contributed by atoms with Crippen LogP contribution in [0.3, 0.4) is 0 Å². The van der Waals surface area contributed by atoms with Crippen molar-refractivity contribution in [3.63, 3.8) is 0 Å². The molecule has 0 bridgehead atoms. The van der Waals surface area contributed by atoms with E-state index in [4.69, 9.17) is 0 Å². The summed E-state index contributed by atoms with van der Waals surface area (Å²) in [6.07, 6.45) is 0. The number of hydrogen-bond donors (Lipinski definition) is 1. The molecule has 1 N–H and O–H groups in total. The van der Waals surface area contributed by atoms with Crippen molar-refractivity contribution in [1.29, 1.82) is 0 Å². The predicted molar refractivity (Wildman–Crippen MR) is 128 cm³/mol. The molecule has 3 rings (SSSR count). The maximum absolute atomic E-state index is 4.53. The summed E-state index contributed by atoms with van der Waals surface area (Å²) in [5.41, 5.74) is 0. The van der Waals surface area contributed by atoms with Gasteiger partial charge in [-0.25, -0.2) is 0 Å². The third-order valence-corrected chi connectivity index (χ3v) is 6.57. The number of piperazine rings is 2. The summed E-state index contributed by atoms with van der Waals surface area (Å²) < 4.78 is 0. The van der Waals surface area contributed by atoms with Crippen LogP contribution >= 0.6 is 35.3 Å². The Morgan fingerprint density at radius 2 is 1.85 bits per heavy atom. The molecule has 0 aromatic carbocycles. The van der Waals surface area contributed by atoms with Gasteiger partial charge in [0.15, 0.2) is 5.96 Å². The summed E-state index contributed by atoms with van der Waals surface area (Å²) in [5, 5.41) is 7.15. The second-order valence-electron chi connectivity index (χ2n) is 7.17. The summed E-state index contributed by atoms with van der Waals surface area (Å²) in [4.78, 5) is 14.5.